The van der Waals surface area contributed by atoms with Crippen molar-refractivity contribution in [3.8, 4) is 0 Å². The van der Waals surface area contributed by atoms with Crippen LogP contribution in [0.4, 0.5) is 0 Å². The monoisotopic (exact) mass is 264 g/mol. The standard InChI is InChI=1S/C11H20O5S/c1-7-3-10(5-12)4-11(7,6-13)9(8(10)2)16-17(14)15/h7-9,12-13H,3-6H2,1-2H3,(H,14,15). The fraction of sp³-hybridized carbons (Fsp3) is 1.00. The molecule has 0 aliphatic heterocycles. The molecular weight excluding hydrogens is 244 g/mol. The first-order chi connectivity index (χ1) is 7.92. The van der Waals surface area contributed by atoms with Crippen LogP contribution < -0.4 is 0 Å². The predicted octanol–water partition coefficient (Wildman–Crippen LogP) is 0.545. The van der Waals surface area contributed by atoms with Gasteiger partial charge in [0.25, 0.3) is 0 Å². The van der Waals surface area contributed by atoms with Crippen LogP contribution in [0.3, 0.4) is 0 Å². The van der Waals surface area contributed by atoms with Crippen molar-refractivity contribution >= 4 is 11.4 Å². The SMILES string of the molecule is CC1C(OS(=O)O)C2(CO)CC1(CO)CC2C. The van der Waals surface area contributed by atoms with Crippen LogP contribution in [0.2, 0.25) is 0 Å². The van der Waals surface area contributed by atoms with Gasteiger partial charge in [0, 0.05) is 12.0 Å². The number of rotatable bonds is 4. The van der Waals surface area contributed by atoms with Gasteiger partial charge in [0.2, 0.25) is 0 Å². The molecule has 0 saturated heterocycles. The topological polar surface area (TPSA) is 87.0 Å². The van der Waals surface area contributed by atoms with Crippen molar-refractivity contribution in [2.45, 2.75) is 32.8 Å². The molecule has 2 fully saturated rings. The first-order valence-electron chi connectivity index (χ1n) is 5.91. The molecule has 2 saturated carbocycles. The predicted molar refractivity (Wildman–Crippen MR) is 62.2 cm³/mol. The second kappa shape index (κ2) is 4.28. The second-order valence-corrected chi connectivity index (χ2v) is 6.34. The molecular formula is C11H20O5S. The average Bonchev–Trinajstić information content (AvgIpc) is 2.70. The number of aliphatic hydroxyl groups is 2. The minimum atomic E-state index is -2.33. The summed E-state index contributed by atoms with van der Waals surface area (Å²) in [6.07, 6.45) is 1.04. The third-order valence-corrected chi connectivity index (χ3v) is 5.53. The van der Waals surface area contributed by atoms with E-state index < -0.39 is 22.9 Å². The van der Waals surface area contributed by atoms with Crippen molar-refractivity contribution in [3.63, 3.8) is 0 Å². The van der Waals surface area contributed by atoms with Crippen molar-refractivity contribution in [3.05, 3.63) is 0 Å². The largest absolute Gasteiger partial charge is 0.396 e. The molecule has 0 amide bonds. The van der Waals surface area contributed by atoms with E-state index in [1.807, 2.05) is 13.8 Å². The fourth-order valence-electron chi connectivity index (χ4n) is 4.10. The molecule has 0 heterocycles. The molecule has 6 atom stereocenters. The van der Waals surface area contributed by atoms with Gasteiger partial charge in [0.15, 0.2) is 0 Å². The molecule has 0 aromatic rings. The molecule has 100 valence electrons. The maximum Gasteiger partial charge on any atom is 0.302 e. The van der Waals surface area contributed by atoms with Gasteiger partial charge in [-0.25, -0.2) is 0 Å². The van der Waals surface area contributed by atoms with Crippen molar-refractivity contribution in [1.82, 2.24) is 0 Å². The van der Waals surface area contributed by atoms with Gasteiger partial charge in [-0.2, -0.15) is 4.21 Å². The Morgan fingerprint density at radius 2 is 2.00 bits per heavy atom. The van der Waals surface area contributed by atoms with E-state index in [-0.39, 0.29) is 30.5 Å². The molecule has 0 aromatic carbocycles. The molecule has 6 heteroatoms. The van der Waals surface area contributed by atoms with Gasteiger partial charge in [-0.05, 0) is 30.1 Å². The number of hydrogen-bond acceptors (Lipinski definition) is 4. The Kier molecular flexibility index (Phi) is 3.38. The van der Waals surface area contributed by atoms with E-state index in [1.54, 1.807) is 0 Å². The van der Waals surface area contributed by atoms with Crippen LogP contribution in [0.1, 0.15) is 26.7 Å². The summed E-state index contributed by atoms with van der Waals surface area (Å²) < 4.78 is 24.9. The molecule has 17 heavy (non-hydrogen) atoms. The zero-order valence-corrected chi connectivity index (χ0v) is 10.9. The van der Waals surface area contributed by atoms with Crippen molar-refractivity contribution in [2.24, 2.45) is 22.7 Å². The first kappa shape index (κ1) is 13.4. The highest BCUT2D eigenvalue weighted by Gasteiger charge is 2.67. The minimum Gasteiger partial charge on any atom is -0.396 e. The van der Waals surface area contributed by atoms with Gasteiger partial charge in [-0.1, -0.05) is 13.8 Å². The molecule has 6 unspecified atom stereocenters. The Morgan fingerprint density at radius 3 is 2.47 bits per heavy atom. The molecule has 2 aliphatic rings. The van der Waals surface area contributed by atoms with E-state index in [4.69, 9.17) is 8.74 Å². The highest BCUT2D eigenvalue weighted by atomic mass is 32.2. The Balaban J connectivity index is 2.36. The smallest absolute Gasteiger partial charge is 0.302 e. The highest BCUT2D eigenvalue weighted by molar-refractivity contribution is 7.74. The quantitative estimate of drug-likeness (QED) is 0.645. The summed E-state index contributed by atoms with van der Waals surface area (Å²) >= 11 is -2.33. The van der Waals surface area contributed by atoms with Crippen molar-refractivity contribution < 1.29 is 23.2 Å². The van der Waals surface area contributed by atoms with Gasteiger partial charge in [0.05, 0.1) is 12.7 Å². The molecule has 2 rings (SSSR count). The van der Waals surface area contributed by atoms with Crippen LogP contribution in [-0.2, 0) is 15.5 Å². The molecule has 0 aromatic heterocycles. The summed E-state index contributed by atoms with van der Waals surface area (Å²) in [5, 5.41) is 19.3. The van der Waals surface area contributed by atoms with Crippen LogP contribution >= 0.6 is 0 Å². The molecule has 3 N–H and O–H groups in total. The molecule has 0 spiro atoms. The van der Waals surface area contributed by atoms with Crippen LogP contribution in [0.5, 0.6) is 0 Å². The van der Waals surface area contributed by atoms with Crippen LogP contribution in [0, 0.1) is 22.7 Å². The minimum absolute atomic E-state index is 0.0213. The molecule has 2 bridgehead atoms. The van der Waals surface area contributed by atoms with Gasteiger partial charge in [-0.15, -0.1) is 0 Å². The third kappa shape index (κ3) is 1.69. The molecule has 0 radical (unpaired) electrons. The number of fused-ring (bicyclic) bond motifs is 2. The lowest BCUT2D eigenvalue weighted by atomic mass is 9.68. The van der Waals surface area contributed by atoms with E-state index in [0.29, 0.717) is 6.42 Å². The Labute approximate surface area is 104 Å². The lowest BCUT2D eigenvalue weighted by molar-refractivity contribution is -0.0536. The number of aliphatic hydroxyl groups excluding tert-OH is 2. The lowest BCUT2D eigenvalue weighted by Crippen LogP contribution is -2.47. The zero-order chi connectivity index (χ0) is 12.8. The van der Waals surface area contributed by atoms with Gasteiger partial charge in [0.1, 0.15) is 0 Å². The normalized spacial score (nSPS) is 50.8. The Bertz CT molecular complexity index is 336. The van der Waals surface area contributed by atoms with Gasteiger partial charge in [-0.3, -0.25) is 8.74 Å². The van der Waals surface area contributed by atoms with Crippen molar-refractivity contribution in [1.29, 1.82) is 0 Å². The maximum absolute atomic E-state index is 10.9. The summed E-state index contributed by atoms with van der Waals surface area (Å²) in [7, 11) is 0. The van der Waals surface area contributed by atoms with Gasteiger partial charge >= 0.3 is 11.4 Å². The van der Waals surface area contributed by atoms with E-state index in [9.17, 15) is 14.4 Å². The lowest BCUT2D eigenvalue weighted by Gasteiger charge is -2.42. The van der Waals surface area contributed by atoms with E-state index in [1.165, 1.54) is 0 Å². The van der Waals surface area contributed by atoms with Crippen molar-refractivity contribution in [2.75, 3.05) is 13.2 Å². The molecule has 5 nitrogen and oxygen atoms in total. The average molecular weight is 264 g/mol. The second-order valence-electron chi connectivity index (χ2n) is 5.72. The molecule has 2 aliphatic carbocycles. The van der Waals surface area contributed by atoms with Crippen LogP contribution in [0.15, 0.2) is 0 Å². The number of hydrogen-bond donors (Lipinski definition) is 3. The zero-order valence-electron chi connectivity index (χ0n) is 10.1. The van der Waals surface area contributed by atoms with Crippen LogP contribution in [0.25, 0.3) is 0 Å². The van der Waals surface area contributed by atoms with E-state index in [2.05, 4.69) is 0 Å². The van der Waals surface area contributed by atoms with E-state index >= 15 is 0 Å². The summed E-state index contributed by atoms with van der Waals surface area (Å²) in [4.78, 5) is 0. The fourth-order valence-corrected chi connectivity index (χ4v) is 4.63. The summed E-state index contributed by atoms with van der Waals surface area (Å²) in [5.41, 5.74) is -0.757. The van der Waals surface area contributed by atoms with Gasteiger partial charge < -0.3 is 10.2 Å². The third-order valence-electron chi connectivity index (χ3n) is 5.16. The summed E-state index contributed by atoms with van der Waals surface area (Å²) in [6.45, 7) is 3.91. The Morgan fingerprint density at radius 1 is 1.35 bits per heavy atom. The van der Waals surface area contributed by atoms with Crippen LogP contribution in [-0.4, -0.2) is 38.3 Å². The highest BCUT2D eigenvalue weighted by Crippen LogP contribution is 2.67. The summed E-state index contributed by atoms with van der Waals surface area (Å²) in [5.74, 6) is 0.163. The first-order valence-corrected chi connectivity index (χ1v) is 6.95. The Hall–Kier alpha value is -0.0100. The van der Waals surface area contributed by atoms with E-state index in [0.717, 1.165) is 6.42 Å². The maximum atomic E-state index is 10.9. The summed E-state index contributed by atoms with van der Waals surface area (Å²) in [6, 6.07) is 0.